The first-order valence-electron chi connectivity index (χ1n) is 5.96. The molecule has 0 aromatic heterocycles. The fourth-order valence-corrected chi connectivity index (χ4v) is 2.14. The van der Waals surface area contributed by atoms with Crippen LogP contribution in [0, 0.1) is 5.92 Å². The Labute approximate surface area is 88.3 Å². The Morgan fingerprint density at radius 2 is 1.57 bits per heavy atom. The van der Waals surface area contributed by atoms with E-state index in [-0.39, 0.29) is 5.92 Å². The SMILES string of the molecule is CCCC(O)(CC)C(O)C(CC)CC. The van der Waals surface area contributed by atoms with Crippen molar-refractivity contribution in [3.05, 3.63) is 0 Å². The monoisotopic (exact) mass is 202 g/mol. The van der Waals surface area contributed by atoms with E-state index in [1.807, 2.05) is 13.8 Å². The van der Waals surface area contributed by atoms with Crippen LogP contribution >= 0.6 is 0 Å². The number of rotatable bonds is 7. The lowest BCUT2D eigenvalue weighted by molar-refractivity contribution is -0.109. The lowest BCUT2D eigenvalue weighted by Gasteiger charge is -2.36. The number of hydrogen-bond acceptors (Lipinski definition) is 2. The molecule has 0 spiro atoms. The molecule has 0 rings (SSSR count). The quantitative estimate of drug-likeness (QED) is 0.666. The van der Waals surface area contributed by atoms with E-state index in [2.05, 4.69) is 13.8 Å². The second kappa shape index (κ2) is 6.41. The van der Waals surface area contributed by atoms with Crippen molar-refractivity contribution in [1.29, 1.82) is 0 Å². The highest BCUT2D eigenvalue weighted by atomic mass is 16.3. The first-order chi connectivity index (χ1) is 6.55. The average Bonchev–Trinajstić information content (AvgIpc) is 2.19. The summed E-state index contributed by atoms with van der Waals surface area (Å²) in [6.45, 7) is 8.13. The van der Waals surface area contributed by atoms with Crippen molar-refractivity contribution >= 4 is 0 Å². The molecule has 0 aliphatic carbocycles. The third-order valence-electron chi connectivity index (χ3n) is 3.34. The van der Waals surface area contributed by atoms with Crippen molar-refractivity contribution in [2.24, 2.45) is 5.92 Å². The molecule has 2 atom stereocenters. The molecule has 0 saturated carbocycles. The average molecular weight is 202 g/mol. The van der Waals surface area contributed by atoms with Gasteiger partial charge in [0, 0.05) is 0 Å². The molecule has 0 heterocycles. The van der Waals surface area contributed by atoms with Gasteiger partial charge in [0.1, 0.15) is 0 Å². The van der Waals surface area contributed by atoms with Gasteiger partial charge in [-0.05, 0) is 18.8 Å². The molecule has 2 nitrogen and oxygen atoms in total. The van der Waals surface area contributed by atoms with E-state index in [4.69, 9.17) is 0 Å². The first-order valence-corrected chi connectivity index (χ1v) is 5.96. The molecular weight excluding hydrogens is 176 g/mol. The molecule has 14 heavy (non-hydrogen) atoms. The third-order valence-corrected chi connectivity index (χ3v) is 3.34. The highest BCUT2D eigenvalue weighted by molar-refractivity contribution is 4.88. The number of aliphatic hydroxyl groups is 2. The van der Waals surface area contributed by atoms with E-state index in [9.17, 15) is 10.2 Å². The van der Waals surface area contributed by atoms with Crippen LogP contribution in [0.25, 0.3) is 0 Å². The Kier molecular flexibility index (Phi) is 6.38. The largest absolute Gasteiger partial charge is 0.390 e. The maximum absolute atomic E-state index is 10.3. The van der Waals surface area contributed by atoms with Crippen molar-refractivity contribution in [1.82, 2.24) is 0 Å². The van der Waals surface area contributed by atoms with Crippen LogP contribution in [-0.4, -0.2) is 21.9 Å². The highest BCUT2D eigenvalue weighted by Gasteiger charge is 2.36. The Morgan fingerprint density at radius 1 is 1.07 bits per heavy atom. The Morgan fingerprint density at radius 3 is 1.86 bits per heavy atom. The van der Waals surface area contributed by atoms with Gasteiger partial charge in [-0.1, -0.05) is 47.0 Å². The first kappa shape index (κ1) is 13.9. The molecule has 0 fully saturated rings. The Balaban J connectivity index is 4.48. The van der Waals surface area contributed by atoms with Gasteiger partial charge in [-0.15, -0.1) is 0 Å². The summed E-state index contributed by atoms with van der Waals surface area (Å²) >= 11 is 0. The predicted octanol–water partition coefficient (Wildman–Crippen LogP) is 2.72. The zero-order valence-corrected chi connectivity index (χ0v) is 10.1. The summed E-state index contributed by atoms with van der Waals surface area (Å²) < 4.78 is 0. The van der Waals surface area contributed by atoms with Crippen LogP contribution < -0.4 is 0 Å². The predicted molar refractivity (Wildman–Crippen MR) is 60.2 cm³/mol. The smallest absolute Gasteiger partial charge is 0.0905 e. The fourth-order valence-electron chi connectivity index (χ4n) is 2.14. The van der Waals surface area contributed by atoms with Crippen molar-refractivity contribution in [2.75, 3.05) is 0 Å². The van der Waals surface area contributed by atoms with E-state index >= 15 is 0 Å². The van der Waals surface area contributed by atoms with E-state index in [0.29, 0.717) is 12.8 Å². The second-order valence-corrected chi connectivity index (χ2v) is 4.23. The van der Waals surface area contributed by atoms with Crippen LogP contribution in [0.4, 0.5) is 0 Å². The van der Waals surface area contributed by atoms with Crippen LogP contribution in [0.2, 0.25) is 0 Å². The molecule has 2 heteroatoms. The zero-order valence-electron chi connectivity index (χ0n) is 10.1. The van der Waals surface area contributed by atoms with Crippen LogP contribution in [0.5, 0.6) is 0 Å². The van der Waals surface area contributed by atoms with Crippen molar-refractivity contribution in [2.45, 2.75) is 71.5 Å². The molecule has 0 aromatic carbocycles. The van der Waals surface area contributed by atoms with Gasteiger partial charge in [0.2, 0.25) is 0 Å². The zero-order chi connectivity index (χ0) is 11.2. The summed E-state index contributed by atoms with van der Waals surface area (Å²) in [5.74, 6) is 0.228. The van der Waals surface area contributed by atoms with E-state index in [1.54, 1.807) is 0 Å². The van der Waals surface area contributed by atoms with Gasteiger partial charge in [0.25, 0.3) is 0 Å². The third kappa shape index (κ3) is 3.25. The van der Waals surface area contributed by atoms with Crippen LogP contribution in [0.3, 0.4) is 0 Å². The normalized spacial score (nSPS) is 18.2. The second-order valence-electron chi connectivity index (χ2n) is 4.23. The molecule has 86 valence electrons. The van der Waals surface area contributed by atoms with Gasteiger partial charge in [-0.2, -0.15) is 0 Å². The summed E-state index contributed by atoms with van der Waals surface area (Å²) in [5, 5.41) is 20.4. The molecule has 0 radical (unpaired) electrons. The molecule has 2 N–H and O–H groups in total. The summed E-state index contributed by atoms with van der Waals surface area (Å²) in [6.07, 6.45) is 3.55. The molecular formula is C12H26O2. The van der Waals surface area contributed by atoms with Gasteiger partial charge in [-0.3, -0.25) is 0 Å². The number of hydrogen-bond donors (Lipinski definition) is 2. The molecule has 0 aliphatic heterocycles. The van der Waals surface area contributed by atoms with Gasteiger partial charge >= 0.3 is 0 Å². The molecule has 2 unspecified atom stereocenters. The van der Waals surface area contributed by atoms with E-state index < -0.39 is 11.7 Å². The van der Waals surface area contributed by atoms with Crippen LogP contribution in [-0.2, 0) is 0 Å². The van der Waals surface area contributed by atoms with Gasteiger partial charge in [0.05, 0.1) is 11.7 Å². The van der Waals surface area contributed by atoms with Crippen LogP contribution in [0.15, 0.2) is 0 Å². The fraction of sp³-hybridized carbons (Fsp3) is 1.00. The minimum absolute atomic E-state index is 0.228. The molecule has 0 aromatic rings. The highest BCUT2D eigenvalue weighted by Crippen LogP contribution is 2.29. The minimum Gasteiger partial charge on any atom is -0.390 e. The molecule has 0 aliphatic rings. The van der Waals surface area contributed by atoms with E-state index in [0.717, 1.165) is 19.3 Å². The molecule has 0 amide bonds. The van der Waals surface area contributed by atoms with Gasteiger partial charge in [0.15, 0.2) is 0 Å². The summed E-state index contributed by atoms with van der Waals surface area (Å²) in [7, 11) is 0. The molecule has 0 bridgehead atoms. The standard InChI is InChI=1S/C12H26O2/c1-5-9-12(14,8-4)11(13)10(6-2)7-3/h10-11,13-14H,5-9H2,1-4H3. The summed E-state index contributed by atoms with van der Waals surface area (Å²) in [6, 6.07) is 0. The number of aliphatic hydroxyl groups excluding tert-OH is 1. The Hall–Kier alpha value is -0.0800. The summed E-state index contributed by atoms with van der Waals surface area (Å²) in [4.78, 5) is 0. The van der Waals surface area contributed by atoms with Crippen LogP contribution in [0.1, 0.15) is 59.8 Å². The minimum atomic E-state index is -0.870. The van der Waals surface area contributed by atoms with Crippen molar-refractivity contribution in [3.8, 4) is 0 Å². The van der Waals surface area contributed by atoms with E-state index in [1.165, 1.54) is 0 Å². The van der Waals surface area contributed by atoms with Crippen molar-refractivity contribution in [3.63, 3.8) is 0 Å². The lowest BCUT2D eigenvalue weighted by Crippen LogP contribution is -2.45. The summed E-state index contributed by atoms with van der Waals surface area (Å²) in [5.41, 5.74) is -0.870. The van der Waals surface area contributed by atoms with Crippen molar-refractivity contribution < 1.29 is 10.2 Å². The Bertz CT molecular complexity index is 143. The maximum atomic E-state index is 10.3. The maximum Gasteiger partial charge on any atom is 0.0905 e. The van der Waals surface area contributed by atoms with Gasteiger partial charge in [-0.25, -0.2) is 0 Å². The molecule has 0 saturated heterocycles. The lowest BCUT2D eigenvalue weighted by atomic mass is 9.80. The topological polar surface area (TPSA) is 40.5 Å². The van der Waals surface area contributed by atoms with Gasteiger partial charge < -0.3 is 10.2 Å².